The predicted octanol–water partition coefficient (Wildman–Crippen LogP) is 3.90. The molecule has 1 aromatic heterocycles. The average molecular weight is 475 g/mol. The third-order valence-electron chi connectivity index (χ3n) is 8.63. The number of aliphatic hydroxyl groups excluding tert-OH is 1. The number of aliphatic hydroxyl groups is 1. The van der Waals surface area contributed by atoms with Gasteiger partial charge in [-0.15, -0.1) is 0 Å². The van der Waals surface area contributed by atoms with Gasteiger partial charge in [-0.3, -0.25) is 14.4 Å². The van der Waals surface area contributed by atoms with Gasteiger partial charge in [0.25, 0.3) is 0 Å². The Kier molecular flexibility index (Phi) is 6.04. The topological polar surface area (TPSA) is 99.3 Å². The highest BCUT2D eigenvalue weighted by Crippen LogP contribution is 2.55. The van der Waals surface area contributed by atoms with E-state index in [4.69, 9.17) is 0 Å². The zero-order valence-corrected chi connectivity index (χ0v) is 20.6. The molecular weight excluding hydrogens is 440 g/mol. The molecule has 1 spiro atoms. The van der Waals surface area contributed by atoms with E-state index in [1.807, 2.05) is 43.5 Å². The summed E-state index contributed by atoms with van der Waals surface area (Å²) in [5.74, 6) is -1.57. The first-order valence-corrected chi connectivity index (χ1v) is 12.7. The van der Waals surface area contributed by atoms with Gasteiger partial charge in [0.05, 0.1) is 0 Å². The quantitative estimate of drug-likeness (QED) is 0.454. The minimum Gasteiger partial charge on any atom is -0.385 e. The molecule has 7 atom stereocenters. The van der Waals surface area contributed by atoms with Crippen LogP contribution in [0.5, 0.6) is 0 Å². The molecule has 0 bridgehead atoms. The normalized spacial score (nSPS) is 36.7. The number of hydrogen-bond donors (Lipinski definition) is 3. The van der Waals surface area contributed by atoms with Crippen molar-refractivity contribution in [3.63, 3.8) is 0 Å². The molecule has 2 aromatic rings. The minimum absolute atomic E-state index is 0.00495. The molecule has 2 aliphatic carbocycles. The lowest BCUT2D eigenvalue weighted by atomic mass is 9.54. The molecule has 1 saturated heterocycles. The molecule has 6 nitrogen and oxygen atoms in total. The van der Waals surface area contributed by atoms with Crippen LogP contribution in [0.2, 0.25) is 0 Å². The molecule has 3 N–H and O–H groups in total. The lowest BCUT2D eigenvalue weighted by Gasteiger charge is -2.44. The summed E-state index contributed by atoms with van der Waals surface area (Å²) in [4.78, 5) is 43.8. The number of allylic oxidation sites excluding steroid dienone is 4. The lowest BCUT2D eigenvalue weighted by molar-refractivity contribution is -0.148. The number of Topliss-reactive ketones (excluding diaryl/α,β-unsaturated/α-hetero) is 2. The van der Waals surface area contributed by atoms with Crippen LogP contribution in [0.15, 0.2) is 54.3 Å². The Hall–Kier alpha value is -2.99. The molecule has 2 heterocycles. The van der Waals surface area contributed by atoms with E-state index in [0.717, 1.165) is 22.0 Å². The van der Waals surface area contributed by atoms with Gasteiger partial charge in [-0.2, -0.15) is 0 Å². The Morgan fingerprint density at radius 2 is 1.89 bits per heavy atom. The number of aromatic amines is 1. The van der Waals surface area contributed by atoms with Gasteiger partial charge >= 0.3 is 0 Å². The van der Waals surface area contributed by atoms with Gasteiger partial charge in [0.2, 0.25) is 5.91 Å². The highest BCUT2D eigenvalue weighted by atomic mass is 16.3. The van der Waals surface area contributed by atoms with Crippen molar-refractivity contribution in [1.29, 1.82) is 0 Å². The van der Waals surface area contributed by atoms with Gasteiger partial charge in [-0.05, 0) is 43.2 Å². The van der Waals surface area contributed by atoms with Gasteiger partial charge in [0, 0.05) is 47.8 Å². The Bertz CT molecular complexity index is 1240. The van der Waals surface area contributed by atoms with Crippen molar-refractivity contribution in [3.05, 3.63) is 59.8 Å². The number of H-pyrrole nitrogens is 1. The number of carbonyl (C=O) groups excluding carboxylic acids is 3. The number of para-hydroxylation sites is 1. The van der Waals surface area contributed by atoms with E-state index >= 15 is 0 Å². The molecular formula is C29H34N2O4. The SMILES string of the molecule is CC1=CC2/C=C/CC(C)CC(=O)C(O)CC(=O)C23C(=O)NC(Cc2c[nH]c4ccccc24)C3C1C. The Morgan fingerprint density at radius 1 is 1.11 bits per heavy atom. The summed E-state index contributed by atoms with van der Waals surface area (Å²) in [6, 6.07) is 7.83. The number of aromatic nitrogens is 1. The standard InChI is InChI=1S/C29H34N2O4/c1-16-7-6-8-20-12-17(2)18(3)27-23(13-19-15-30-22-10-5-4-9-21(19)22)31-28(35)29(20,27)26(34)14-25(33)24(32)11-16/h4-6,8-10,12,15-16,18,20,23,25,27,30,33H,7,11,13-14H2,1-3H3,(H,31,35)/b8-6+. The van der Waals surface area contributed by atoms with Gasteiger partial charge in [-0.1, -0.05) is 55.8 Å². The van der Waals surface area contributed by atoms with Crippen LogP contribution in [-0.4, -0.2) is 39.7 Å². The number of rotatable bonds is 2. The smallest absolute Gasteiger partial charge is 0.235 e. The van der Waals surface area contributed by atoms with Gasteiger partial charge in [0.1, 0.15) is 11.5 Å². The second-order valence-electron chi connectivity index (χ2n) is 10.8. The van der Waals surface area contributed by atoms with E-state index < -0.39 is 17.4 Å². The second-order valence-corrected chi connectivity index (χ2v) is 10.8. The van der Waals surface area contributed by atoms with Crippen molar-refractivity contribution in [2.45, 2.75) is 58.6 Å². The average Bonchev–Trinajstić information content (AvgIpc) is 3.35. The fourth-order valence-corrected chi connectivity index (χ4v) is 6.71. The molecule has 35 heavy (non-hydrogen) atoms. The van der Waals surface area contributed by atoms with Crippen molar-refractivity contribution in [2.75, 3.05) is 0 Å². The number of benzene rings is 1. The molecule has 0 saturated carbocycles. The van der Waals surface area contributed by atoms with E-state index in [2.05, 4.69) is 36.3 Å². The lowest BCUT2D eigenvalue weighted by Crippen LogP contribution is -2.53. The van der Waals surface area contributed by atoms with Crippen molar-refractivity contribution in [3.8, 4) is 0 Å². The zero-order valence-electron chi connectivity index (χ0n) is 20.6. The van der Waals surface area contributed by atoms with Crippen LogP contribution in [0.3, 0.4) is 0 Å². The summed E-state index contributed by atoms with van der Waals surface area (Å²) in [5, 5.41) is 14.9. The largest absolute Gasteiger partial charge is 0.385 e. The van der Waals surface area contributed by atoms with E-state index in [-0.39, 0.29) is 54.1 Å². The molecule has 5 rings (SSSR count). The Balaban J connectivity index is 1.60. The highest BCUT2D eigenvalue weighted by Gasteiger charge is 2.65. The van der Waals surface area contributed by atoms with E-state index in [1.165, 1.54) is 0 Å². The van der Waals surface area contributed by atoms with Gasteiger partial charge < -0.3 is 15.4 Å². The summed E-state index contributed by atoms with van der Waals surface area (Å²) < 4.78 is 0. The first kappa shape index (κ1) is 23.7. The fraction of sp³-hybridized carbons (Fsp3) is 0.483. The van der Waals surface area contributed by atoms with Crippen LogP contribution in [0.4, 0.5) is 0 Å². The summed E-state index contributed by atoms with van der Waals surface area (Å²) in [5.41, 5.74) is 1.97. The van der Waals surface area contributed by atoms with Crippen LogP contribution in [-0.2, 0) is 20.8 Å². The summed E-state index contributed by atoms with van der Waals surface area (Å²) in [6.45, 7) is 6.13. The molecule has 184 valence electrons. The Labute approximate surface area is 205 Å². The molecule has 1 aromatic carbocycles. The first-order chi connectivity index (χ1) is 16.7. The maximum atomic E-state index is 14.0. The van der Waals surface area contributed by atoms with E-state index in [9.17, 15) is 19.5 Å². The molecule has 1 fully saturated rings. The predicted molar refractivity (Wildman–Crippen MR) is 134 cm³/mol. The fourth-order valence-electron chi connectivity index (χ4n) is 6.71. The van der Waals surface area contributed by atoms with Crippen molar-refractivity contribution < 1.29 is 19.5 Å². The van der Waals surface area contributed by atoms with Gasteiger partial charge in [-0.25, -0.2) is 0 Å². The maximum absolute atomic E-state index is 14.0. The monoisotopic (exact) mass is 474 g/mol. The zero-order chi connectivity index (χ0) is 24.9. The number of fused-ring (bicyclic) bond motifs is 1. The Morgan fingerprint density at radius 3 is 2.69 bits per heavy atom. The van der Waals surface area contributed by atoms with Crippen molar-refractivity contribution in [1.82, 2.24) is 10.3 Å². The number of ketones is 2. The van der Waals surface area contributed by atoms with Crippen molar-refractivity contribution >= 4 is 28.4 Å². The highest BCUT2D eigenvalue weighted by molar-refractivity contribution is 6.10. The van der Waals surface area contributed by atoms with Crippen LogP contribution in [0.1, 0.15) is 45.6 Å². The number of carbonyl (C=O) groups is 3. The molecule has 0 radical (unpaired) electrons. The summed E-state index contributed by atoms with van der Waals surface area (Å²) >= 11 is 0. The summed E-state index contributed by atoms with van der Waals surface area (Å²) in [6.07, 6.45) is 7.83. The van der Waals surface area contributed by atoms with Crippen LogP contribution >= 0.6 is 0 Å². The summed E-state index contributed by atoms with van der Waals surface area (Å²) in [7, 11) is 0. The van der Waals surface area contributed by atoms with Crippen LogP contribution in [0.25, 0.3) is 10.9 Å². The van der Waals surface area contributed by atoms with E-state index in [0.29, 0.717) is 12.8 Å². The minimum atomic E-state index is -1.37. The third kappa shape index (κ3) is 3.79. The molecule has 7 unspecified atom stereocenters. The maximum Gasteiger partial charge on any atom is 0.235 e. The third-order valence-corrected chi connectivity index (χ3v) is 8.63. The molecule has 6 heteroatoms. The van der Waals surface area contributed by atoms with Crippen molar-refractivity contribution in [2.24, 2.45) is 29.1 Å². The van der Waals surface area contributed by atoms with E-state index in [1.54, 1.807) is 0 Å². The molecule has 3 aliphatic rings. The second kappa shape index (κ2) is 8.90. The van der Waals surface area contributed by atoms with Crippen LogP contribution in [0, 0.1) is 29.1 Å². The first-order valence-electron chi connectivity index (χ1n) is 12.7. The van der Waals surface area contributed by atoms with Gasteiger partial charge in [0.15, 0.2) is 11.6 Å². The number of hydrogen-bond acceptors (Lipinski definition) is 4. The van der Waals surface area contributed by atoms with Crippen LogP contribution < -0.4 is 5.32 Å². The number of nitrogens with one attached hydrogen (secondary N) is 2. The number of amides is 1. The molecule has 1 aliphatic heterocycles. The molecule has 1 amide bonds.